The van der Waals surface area contributed by atoms with Gasteiger partial charge in [-0.25, -0.2) is 4.57 Å². The van der Waals surface area contributed by atoms with Crippen molar-refractivity contribution in [3.8, 4) is 0 Å². The van der Waals surface area contributed by atoms with Crippen molar-refractivity contribution < 1.29 is 52.9 Å². The largest absolute Gasteiger partial charge is 0.472 e. The summed E-state index contributed by atoms with van der Waals surface area (Å²) in [6, 6.07) is 0. The number of phosphoric ester groups is 1. The molecule has 0 aromatic carbocycles. The second-order valence-electron chi connectivity index (χ2n) is 14.2. The fourth-order valence-corrected chi connectivity index (χ4v) is 5.81. The number of ether oxygens (including phenoxy) is 2. The lowest BCUT2D eigenvalue weighted by molar-refractivity contribution is -0.161. The molecule has 0 radical (unpaired) electrons. The first kappa shape index (κ1) is 56.6. The van der Waals surface area contributed by atoms with Crippen LogP contribution in [0.5, 0.6) is 0 Å². The van der Waals surface area contributed by atoms with E-state index in [1.54, 1.807) is 6.08 Å². The van der Waals surface area contributed by atoms with Crippen molar-refractivity contribution in [2.75, 3.05) is 26.4 Å². The van der Waals surface area contributed by atoms with E-state index in [0.29, 0.717) is 25.7 Å². The zero-order valence-corrected chi connectivity index (χ0v) is 37.4. The molecular formula is C48H77O11P. The topological polar surface area (TPSA) is 169 Å². The number of aliphatic hydroxyl groups excluding tert-OH is 3. The number of rotatable bonds is 39. The number of carbonyl (C=O) groups is 2. The number of hydrogen-bond donors (Lipinski definition) is 4. The molecule has 0 saturated carbocycles. The number of aliphatic hydroxyl groups is 3. The summed E-state index contributed by atoms with van der Waals surface area (Å²) in [5.74, 6) is -1.06. The van der Waals surface area contributed by atoms with Gasteiger partial charge in [-0.1, -0.05) is 142 Å². The van der Waals surface area contributed by atoms with Crippen molar-refractivity contribution in [3.63, 3.8) is 0 Å². The Morgan fingerprint density at radius 1 is 0.567 bits per heavy atom. The Kier molecular flexibility index (Phi) is 39.9. The Bertz CT molecular complexity index is 1380. The molecule has 0 aromatic rings. The van der Waals surface area contributed by atoms with Gasteiger partial charge < -0.3 is 29.7 Å². The van der Waals surface area contributed by atoms with Gasteiger partial charge in [0.1, 0.15) is 12.7 Å². The molecule has 0 aromatic heterocycles. The summed E-state index contributed by atoms with van der Waals surface area (Å²) in [4.78, 5) is 35.0. The van der Waals surface area contributed by atoms with Gasteiger partial charge in [-0.05, 0) is 89.9 Å². The molecule has 0 saturated heterocycles. The summed E-state index contributed by atoms with van der Waals surface area (Å²) < 4.78 is 32.6. The van der Waals surface area contributed by atoms with Gasteiger partial charge in [-0.3, -0.25) is 18.6 Å². The number of carbonyl (C=O) groups excluding carboxylic acids is 2. The van der Waals surface area contributed by atoms with Crippen LogP contribution in [0.3, 0.4) is 0 Å². The van der Waals surface area contributed by atoms with E-state index in [2.05, 4.69) is 84.4 Å². The van der Waals surface area contributed by atoms with Crippen LogP contribution in [0.1, 0.15) is 136 Å². The van der Waals surface area contributed by atoms with E-state index in [-0.39, 0.29) is 19.4 Å². The highest BCUT2D eigenvalue weighted by molar-refractivity contribution is 7.47. The fraction of sp³-hybridized carbons (Fsp3) is 0.583. The van der Waals surface area contributed by atoms with Crippen LogP contribution in [0.25, 0.3) is 0 Å². The lowest BCUT2D eigenvalue weighted by atomic mass is 10.1. The minimum absolute atomic E-state index is 0.0776. The normalized spacial score (nSPS) is 15.4. The van der Waals surface area contributed by atoms with Crippen LogP contribution in [0.15, 0.2) is 109 Å². The first-order valence-electron chi connectivity index (χ1n) is 22.0. The van der Waals surface area contributed by atoms with E-state index >= 15 is 0 Å². The van der Waals surface area contributed by atoms with Crippen LogP contribution in [-0.4, -0.2) is 76.9 Å². The van der Waals surface area contributed by atoms with Gasteiger partial charge in [0, 0.05) is 12.8 Å². The third-order valence-electron chi connectivity index (χ3n) is 8.57. The first-order valence-corrected chi connectivity index (χ1v) is 23.4. The second kappa shape index (κ2) is 42.3. The molecule has 340 valence electrons. The third-order valence-corrected chi connectivity index (χ3v) is 9.52. The molecule has 0 aliphatic rings. The predicted molar refractivity (Wildman–Crippen MR) is 243 cm³/mol. The molecule has 11 nitrogen and oxygen atoms in total. The number of hydrogen-bond acceptors (Lipinski definition) is 10. The summed E-state index contributed by atoms with van der Waals surface area (Å²) in [7, 11) is -4.66. The van der Waals surface area contributed by atoms with E-state index in [1.165, 1.54) is 25.7 Å². The zero-order valence-electron chi connectivity index (χ0n) is 36.5. The van der Waals surface area contributed by atoms with E-state index in [4.69, 9.17) is 19.1 Å². The van der Waals surface area contributed by atoms with Crippen LogP contribution in [0, 0.1) is 0 Å². The summed E-state index contributed by atoms with van der Waals surface area (Å²) in [5, 5.41) is 27.8. The molecule has 0 amide bonds. The second-order valence-corrected chi connectivity index (χ2v) is 15.6. The van der Waals surface area contributed by atoms with Crippen LogP contribution in [-0.2, 0) is 32.7 Å². The van der Waals surface area contributed by atoms with Crippen LogP contribution >= 0.6 is 7.82 Å². The average molecular weight is 861 g/mol. The van der Waals surface area contributed by atoms with Crippen molar-refractivity contribution in [2.24, 2.45) is 0 Å². The summed E-state index contributed by atoms with van der Waals surface area (Å²) in [6.07, 6.45) is 50.1. The minimum atomic E-state index is -4.66. The van der Waals surface area contributed by atoms with Crippen molar-refractivity contribution >= 4 is 19.8 Å². The van der Waals surface area contributed by atoms with Gasteiger partial charge in [0.25, 0.3) is 0 Å². The predicted octanol–water partition coefficient (Wildman–Crippen LogP) is 10.7. The Labute approximate surface area is 361 Å². The molecule has 60 heavy (non-hydrogen) atoms. The number of unbranched alkanes of at least 4 members (excludes halogenated alkanes) is 7. The number of allylic oxidation sites excluding steroid dienone is 17. The molecule has 12 heteroatoms. The van der Waals surface area contributed by atoms with Crippen molar-refractivity contribution in [2.45, 2.75) is 154 Å². The minimum Gasteiger partial charge on any atom is -0.462 e. The fourth-order valence-electron chi connectivity index (χ4n) is 5.02. The van der Waals surface area contributed by atoms with Gasteiger partial charge in [0.05, 0.1) is 25.9 Å². The van der Waals surface area contributed by atoms with Gasteiger partial charge in [0.2, 0.25) is 0 Å². The quantitative estimate of drug-likeness (QED) is 0.0153. The maximum absolute atomic E-state index is 12.6. The maximum Gasteiger partial charge on any atom is 0.472 e. The molecule has 0 rings (SSSR count). The first-order chi connectivity index (χ1) is 29.1. The Morgan fingerprint density at radius 2 is 1.05 bits per heavy atom. The number of esters is 2. The monoisotopic (exact) mass is 861 g/mol. The highest BCUT2D eigenvalue weighted by Crippen LogP contribution is 2.43. The molecule has 0 bridgehead atoms. The van der Waals surface area contributed by atoms with Crippen LogP contribution in [0.2, 0.25) is 0 Å². The maximum atomic E-state index is 12.6. The highest BCUT2D eigenvalue weighted by Gasteiger charge is 2.27. The SMILES string of the molecule is CCCCC/C=C\C/C=C\C/C=C\C/C=C\CCCCCC(=O)OC[C@H](COP(=O)(O)OC[C@@H](O)CO)OC(=O)CCC/C=C\C/C=C\C/C=C\C/C=C\C=C\[C@H](O)CC. The van der Waals surface area contributed by atoms with Crippen LogP contribution in [0.4, 0.5) is 0 Å². The van der Waals surface area contributed by atoms with Crippen molar-refractivity contribution in [3.05, 3.63) is 109 Å². The van der Waals surface area contributed by atoms with Gasteiger partial charge >= 0.3 is 19.8 Å². The summed E-state index contributed by atoms with van der Waals surface area (Å²) >= 11 is 0. The number of phosphoric acid groups is 1. The summed E-state index contributed by atoms with van der Waals surface area (Å²) in [5.41, 5.74) is 0. The van der Waals surface area contributed by atoms with E-state index in [9.17, 15) is 29.3 Å². The molecule has 0 spiro atoms. The zero-order chi connectivity index (χ0) is 44.2. The van der Waals surface area contributed by atoms with Gasteiger partial charge in [-0.2, -0.15) is 0 Å². The molecule has 0 aliphatic heterocycles. The lowest BCUT2D eigenvalue weighted by Crippen LogP contribution is -2.29. The van der Waals surface area contributed by atoms with Crippen LogP contribution < -0.4 is 0 Å². The van der Waals surface area contributed by atoms with Crippen molar-refractivity contribution in [1.29, 1.82) is 0 Å². The molecule has 0 aliphatic carbocycles. The highest BCUT2D eigenvalue weighted by atomic mass is 31.2. The Balaban J connectivity index is 4.49. The van der Waals surface area contributed by atoms with Gasteiger partial charge in [-0.15, -0.1) is 0 Å². The third kappa shape index (κ3) is 41.3. The lowest BCUT2D eigenvalue weighted by Gasteiger charge is -2.20. The Hall–Kier alpha value is -3.41. The van der Waals surface area contributed by atoms with E-state index in [1.807, 2.05) is 37.3 Å². The smallest absolute Gasteiger partial charge is 0.462 e. The standard InChI is InChI=1S/C48H77O11P/c1-3-5-6-7-8-9-10-11-12-13-14-15-16-20-23-26-29-32-35-38-47(52)56-42-46(43-58-60(54,55)57-41-45(51)40-49)59-48(53)39-36-33-30-27-24-21-18-17-19-22-25-28-31-34-37-44(50)4-2/h8-9,11-12,14-15,18-23,27-28,30-31,34,37,44-46,49-51H,3-7,10,13,16-17,24-26,29,32-33,35-36,38-43H2,1-2H3,(H,54,55)/b9-8-,12-11-,15-14-,21-18-,22-19-,23-20-,30-27-,31-28-,37-34+/t44-,45+,46-/m1/s1. The Morgan fingerprint density at radius 3 is 1.58 bits per heavy atom. The van der Waals surface area contributed by atoms with Gasteiger partial charge in [0.15, 0.2) is 6.10 Å². The molecule has 1 unspecified atom stereocenters. The molecule has 0 fully saturated rings. The molecule has 4 atom stereocenters. The molecular weight excluding hydrogens is 783 g/mol. The molecule has 4 N–H and O–H groups in total. The average Bonchev–Trinajstić information content (AvgIpc) is 3.24. The van der Waals surface area contributed by atoms with Crippen molar-refractivity contribution in [1.82, 2.24) is 0 Å². The van der Waals surface area contributed by atoms with E-state index < -0.39 is 57.9 Å². The summed E-state index contributed by atoms with van der Waals surface area (Å²) in [6.45, 7) is 1.88. The molecule has 0 heterocycles. The van der Waals surface area contributed by atoms with E-state index in [0.717, 1.165) is 57.8 Å².